The standard InChI is InChI=1S/C17H26ClN5O4S.HI/c1-3-27-17(24)23-11-9-22(10-12-23)16(19-2)20-7-8-21-28(25,26)15-6-4-5-14(18)13-15;/h4-6,13,21H,3,7-12H2,1-2H3,(H,19,20);1H. The topological polar surface area (TPSA) is 103 Å². The molecule has 0 aliphatic carbocycles. The number of aliphatic imine (C=N–C) groups is 1. The molecule has 29 heavy (non-hydrogen) atoms. The molecule has 0 spiro atoms. The van der Waals surface area contributed by atoms with Crippen LogP contribution in [0.4, 0.5) is 4.79 Å². The zero-order chi connectivity index (χ0) is 20.6. The molecule has 0 aromatic heterocycles. The Kier molecular flexibility index (Phi) is 11.0. The average Bonchev–Trinajstić information content (AvgIpc) is 2.68. The van der Waals surface area contributed by atoms with Crippen LogP contribution in [0.25, 0.3) is 0 Å². The molecular weight excluding hydrogens is 533 g/mol. The lowest BCUT2D eigenvalue weighted by Gasteiger charge is -2.35. The molecule has 1 aromatic carbocycles. The first-order chi connectivity index (χ1) is 13.4. The fraction of sp³-hybridized carbons (Fsp3) is 0.529. The molecule has 0 unspecified atom stereocenters. The van der Waals surface area contributed by atoms with E-state index in [1.807, 2.05) is 4.90 Å². The van der Waals surface area contributed by atoms with E-state index in [9.17, 15) is 13.2 Å². The van der Waals surface area contributed by atoms with Gasteiger partial charge in [-0.2, -0.15) is 0 Å². The highest BCUT2D eigenvalue weighted by molar-refractivity contribution is 14.0. The Labute approximate surface area is 193 Å². The lowest BCUT2D eigenvalue weighted by Crippen LogP contribution is -2.54. The highest BCUT2D eigenvalue weighted by Gasteiger charge is 2.23. The molecule has 0 bridgehead atoms. The number of sulfonamides is 1. The minimum Gasteiger partial charge on any atom is -0.450 e. The third-order valence-electron chi connectivity index (χ3n) is 4.12. The van der Waals surface area contributed by atoms with E-state index in [1.54, 1.807) is 31.0 Å². The van der Waals surface area contributed by atoms with Crippen molar-refractivity contribution in [3.63, 3.8) is 0 Å². The summed E-state index contributed by atoms with van der Waals surface area (Å²) in [5, 5.41) is 3.50. The Bertz CT molecular complexity index is 801. The van der Waals surface area contributed by atoms with E-state index in [4.69, 9.17) is 16.3 Å². The molecule has 2 rings (SSSR count). The van der Waals surface area contributed by atoms with Crippen LogP contribution in [-0.4, -0.2) is 83.2 Å². The molecule has 1 aliphatic heterocycles. The van der Waals surface area contributed by atoms with Gasteiger partial charge >= 0.3 is 6.09 Å². The number of hydrogen-bond donors (Lipinski definition) is 2. The smallest absolute Gasteiger partial charge is 0.409 e. The van der Waals surface area contributed by atoms with E-state index in [0.29, 0.717) is 50.3 Å². The third-order valence-corrected chi connectivity index (χ3v) is 5.82. The van der Waals surface area contributed by atoms with Gasteiger partial charge in [-0.3, -0.25) is 4.99 Å². The Hall–Kier alpha value is -1.31. The first-order valence-electron chi connectivity index (χ1n) is 9.00. The van der Waals surface area contributed by atoms with Gasteiger partial charge in [0.25, 0.3) is 0 Å². The average molecular weight is 560 g/mol. The number of carbonyl (C=O) groups excluding carboxylic acids is 1. The second-order valence-electron chi connectivity index (χ2n) is 6.00. The van der Waals surface area contributed by atoms with Crippen LogP contribution < -0.4 is 10.0 Å². The monoisotopic (exact) mass is 559 g/mol. The Morgan fingerprint density at radius 2 is 1.86 bits per heavy atom. The summed E-state index contributed by atoms with van der Waals surface area (Å²) < 4.78 is 32.1. The van der Waals surface area contributed by atoms with E-state index in [-0.39, 0.29) is 41.5 Å². The van der Waals surface area contributed by atoms with Crippen molar-refractivity contribution in [2.24, 2.45) is 4.99 Å². The number of amides is 1. The van der Waals surface area contributed by atoms with Crippen LogP contribution in [0.2, 0.25) is 5.02 Å². The van der Waals surface area contributed by atoms with Gasteiger partial charge in [0.15, 0.2) is 5.96 Å². The summed E-state index contributed by atoms with van der Waals surface area (Å²) in [5.74, 6) is 0.658. The van der Waals surface area contributed by atoms with Gasteiger partial charge in [-0.1, -0.05) is 17.7 Å². The van der Waals surface area contributed by atoms with Crippen molar-refractivity contribution < 1.29 is 17.9 Å². The molecule has 12 heteroatoms. The van der Waals surface area contributed by atoms with Crippen molar-refractivity contribution >= 4 is 57.7 Å². The van der Waals surface area contributed by atoms with Crippen LogP contribution in [0.1, 0.15) is 6.92 Å². The van der Waals surface area contributed by atoms with Gasteiger partial charge in [0.1, 0.15) is 0 Å². The molecule has 9 nitrogen and oxygen atoms in total. The lowest BCUT2D eigenvalue weighted by atomic mass is 10.3. The van der Waals surface area contributed by atoms with E-state index in [2.05, 4.69) is 15.0 Å². The van der Waals surface area contributed by atoms with Gasteiger partial charge in [-0.25, -0.2) is 17.9 Å². The fourth-order valence-corrected chi connectivity index (χ4v) is 4.06. The fourth-order valence-electron chi connectivity index (χ4n) is 2.73. The van der Waals surface area contributed by atoms with Crippen LogP contribution >= 0.6 is 35.6 Å². The van der Waals surface area contributed by atoms with Gasteiger partial charge in [0, 0.05) is 51.3 Å². The van der Waals surface area contributed by atoms with E-state index >= 15 is 0 Å². The van der Waals surface area contributed by atoms with Crippen molar-refractivity contribution in [2.75, 3.05) is 52.9 Å². The quantitative estimate of drug-likeness (QED) is 0.238. The van der Waals surface area contributed by atoms with E-state index in [1.165, 1.54) is 12.1 Å². The molecule has 0 saturated carbocycles. The summed E-state index contributed by atoms with van der Waals surface area (Å²) >= 11 is 5.85. The van der Waals surface area contributed by atoms with Gasteiger partial charge in [-0.05, 0) is 25.1 Å². The van der Waals surface area contributed by atoms with Gasteiger partial charge in [0.2, 0.25) is 10.0 Å². The molecule has 2 N–H and O–H groups in total. The third kappa shape index (κ3) is 7.79. The number of hydrogen-bond acceptors (Lipinski definition) is 5. The summed E-state index contributed by atoms with van der Waals surface area (Å²) in [6.45, 7) is 5.01. The second-order valence-corrected chi connectivity index (χ2v) is 8.21. The highest BCUT2D eigenvalue weighted by Crippen LogP contribution is 2.14. The SMILES string of the molecule is CCOC(=O)N1CCN(C(=NC)NCCNS(=O)(=O)c2cccc(Cl)c2)CC1.I. The number of piperazine rings is 1. The molecule has 1 amide bonds. The number of rotatable bonds is 6. The van der Waals surface area contributed by atoms with Crippen molar-refractivity contribution in [3.05, 3.63) is 29.3 Å². The van der Waals surface area contributed by atoms with E-state index in [0.717, 1.165) is 0 Å². The number of halogens is 2. The van der Waals surface area contributed by atoms with Gasteiger partial charge < -0.3 is 19.9 Å². The number of guanidine groups is 1. The first-order valence-corrected chi connectivity index (χ1v) is 10.9. The van der Waals surface area contributed by atoms with Crippen LogP contribution in [0.5, 0.6) is 0 Å². The van der Waals surface area contributed by atoms with Crippen LogP contribution in [0.15, 0.2) is 34.2 Å². The molecule has 1 fully saturated rings. The summed E-state index contributed by atoms with van der Waals surface area (Å²) in [4.78, 5) is 19.8. The maximum Gasteiger partial charge on any atom is 0.409 e. The minimum absolute atomic E-state index is 0. The second kappa shape index (κ2) is 12.4. The Morgan fingerprint density at radius 1 is 1.21 bits per heavy atom. The molecule has 1 heterocycles. The molecule has 1 aromatic rings. The summed E-state index contributed by atoms with van der Waals surface area (Å²) in [6, 6.07) is 6.10. The summed E-state index contributed by atoms with van der Waals surface area (Å²) in [6.07, 6.45) is -0.305. The number of nitrogens with one attached hydrogen (secondary N) is 2. The Balaban J connectivity index is 0.00000420. The number of ether oxygens (including phenoxy) is 1. The predicted octanol–water partition coefficient (Wildman–Crippen LogP) is 1.59. The minimum atomic E-state index is -3.62. The molecule has 164 valence electrons. The number of carbonyl (C=O) groups is 1. The van der Waals surface area contributed by atoms with Crippen molar-refractivity contribution in [2.45, 2.75) is 11.8 Å². The van der Waals surface area contributed by atoms with Crippen molar-refractivity contribution in [3.8, 4) is 0 Å². The number of benzene rings is 1. The van der Waals surface area contributed by atoms with Gasteiger partial charge in [-0.15, -0.1) is 24.0 Å². The van der Waals surface area contributed by atoms with Crippen molar-refractivity contribution in [1.82, 2.24) is 19.8 Å². The van der Waals surface area contributed by atoms with Gasteiger partial charge in [0.05, 0.1) is 11.5 Å². The zero-order valence-electron chi connectivity index (χ0n) is 16.4. The molecule has 0 atom stereocenters. The van der Waals surface area contributed by atoms with Crippen molar-refractivity contribution in [1.29, 1.82) is 0 Å². The highest BCUT2D eigenvalue weighted by atomic mass is 127. The van der Waals surface area contributed by atoms with E-state index < -0.39 is 10.0 Å². The van der Waals surface area contributed by atoms with Crippen LogP contribution in [0, 0.1) is 0 Å². The molecule has 1 aliphatic rings. The maximum atomic E-state index is 12.3. The van der Waals surface area contributed by atoms with Crippen LogP contribution in [0.3, 0.4) is 0 Å². The zero-order valence-corrected chi connectivity index (χ0v) is 20.3. The lowest BCUT2D eigenvalue weighted by molar-refractivity contribution is 0.0915. The predicted molar refractivity (Wildman–Crippen MR) is 124 cm³/mol. The maximum absolute atomic E-state index is 12.3. The normalized spacial score (nSPS) is 14.9. The largest absolute Gasteiger partial charge is 0.450 e. The summed E-state index contributed by atoms with van der Waals surface area (Å²) in [7, 11) is -1.96. The molecule has 1 saturated heterocycles. The first kappa shape index (κ1) is 25.7. The molecule has 0 radical (unpaired) electrons. The van der Waals surface area contributed by atoms with Crippen LogP contribution in [-0.2, 0) is 14.8 Å². The molecular formula is C17H27ClIN5O4S. The summed E-state index contributed by atoms with van der Waals surface area (Å²) in [5.41, 5.74) is 0. The Morgan fingerprint density at radius 3 is 2.45 bits per heavy atom. The number of nitrogens with zero attached hydrogens (tertiary/aromatic N) is 3.